The van der Waals surface area contributed by atoms with E-state index in [0.29, 0.717) is 5.69 Å². The van der Waals surface area contributed by atoms with Crippen molar-refractivity contribution in [2.75, 3.05) is 0 Å². The molecular weight excluding hydrogens is 292 g/mol. The second-order valence-corrected chi connectivity index (χ2v) is 6.32. The van der Waals surface area contributed by atoms with Gasteiger partial charge in [0, 0.05) is 11.3 Å². The van der Waals surface area contributed by atoms with Crippen molar-refractivity contribution in [1.29, 1.82) is 0 Å². The number of carbonyl (C=O) groups is 2. The molecule has 0 unspecified atom stereocenters. The number of amides is 2. The van der Waals surface area contributed by atoms with Gasteiger partial charge < -0.3 is 11.1 Å². The molecule has 1 aliphatic carbocycles. The average molecular weight is 312 g/mol. The lowest BCUT2D eigenvalue weighted by Gasteiger charge is -2.21. The molecule has 0 bridgehead atoms. The average Bonchev–Trinajstić information content (AvgIpc) is 3.09. The summed E-state index contributed by atoms with van der Waals surface area (Å²) in [5.74, 6) is -0.938. The number of rotatable bonds is 4. The molecule has 23 heavy (non-hydrogen) atoms. The molecule has 0 atom stereocenters. The Bertz CT molecular complexity index is 762. The number of aromatic nitrogens is 2. The number of hydrogen-bond donors (Lipinski definition) is 2. The third-order valence-corrected chi connectivity index (χ3v) is 4.19. The lowest BCUT2D eigenvalue weighted by atomic mass is 10.0. The molecule has 2 amide bonds. The predicted octanol–water partition coefficient (Wildman–Crippen LogP) is 1.35. The molecule has 6 nitrogen and oxygen atoms in total. The molecule has 6 heteroatoms. The first-order chi connectivity index (χ1) is 10.9. The van der Waals surface area contributed by atoms with E-state index in [1.807, 2.05) is 35.0 Å². The van der Waals surface area contributed by atoms with Gasteiger partial charge in [0.25, 0.3) is 5.91 Å². The number of carbonyl (C=O) groups excluding carboxylic acids is 2. The van der Waals surface area contributed by atoms with E-state index < -0.39 is 11.4 Å². The van der Waals surface area contributed by atoms with Gasteiger partial charge in [0.15, 0.2) is 5.69 Å². The van der Waals surface area contributed by atoms with Gasteiger partial charge in [-0.3, -0.25) is 9.59 Å². The van der Waals surface area contributed by atoms with E-state index in [9.17, 15) is 9.59 Å². The molecule has 0 spiro atoms. The first kappa shape index (κ1) is 15.3. The molecule has 1 heterocycles. The van der Waals surface area contributed by atoms with Gasteiger partial charge in [-0.05, 0) is 45.2 Å². The van der Waals surface area contributed by atoms with Gasteiger partial charge >= 0.3 is 0 Å². The molecule has 2 aromatic rings. The van der Waals surface area contributed by atoms with E-state index in [-0.39, 0.29) is 5.91 Å². The molecule has 0 fully saturated rings. The highest BCUT2D eigenvalue weighted by atomic mass is 16.2. The first-order valence-electron chi connectivity index (χ1n) is 7.69. The molecule has 3 rings (SSSR count). The summed E-state index contributed by atoms with van der Waals surface area (Å²) in [6, 6.07) is 9.74. The highest BCUT2D eigenvalue weighted by Crippen LogP contribution is 2.28. The van der Waals surface area contributed by atoms with E-state index in [1.54, 1.807) is 13.8 Å². The van der Waals surface area contributed by atoms with E-state index in [4.69, 9.17) is 5.73 Å². The minimum atomic E-state index is -1.11. The first-order valence-corrected chi connectivity index (χ1v) is 7.69. The second kappa shape index (κ2) is 5.53. The number of hydrogen-bond acceptors (Lipinski definition) is 3. The Hall–Kier alpha value is -2.63. The van der Waals surface area contributed by atoms with E-state index >= 15 is 0 Å². The molecular formula is C17H20N4O2. The van der Waals surface area contributed by atoms with Crippen LogP contribution in [0.25, 0.3) is 5.69 Å². The Morgan fingerprint density at radius 1 is 1.22 bits per heavy atom. The third kappa shape index (κ3) is 2.72. The fourth-order valence-electron chi connectivity index (χ4n) is 2.81. The highest BCUT2D eigenvalue weighted by molar-refractivity contribution is 5.98. The minimum absolute atomic E-state index is 0.360. The van der Waals surface area contributed by atoms with Gasteiger partial charge in [-0.2, -0.15) is 5.10 Å². The Morgan fingerprint density at radius 3 is 2.57 bits per heavy atom. The predicted molar refractivity (Wildman–Crippen MR) is 86.3 cm³/mol. The van der Waals surface area contributed by atoms with Crippen molar-refractivity contribution in [3.63, 3.8) is 0 Å². The molecule has 1 aliphatic rings. The van der Waals surface area contributed by atoms with E-state index in [1.165, 1.54) is 0 Å². The topological polar surface area (TPSA) is 90.0 Å². The van der Waals surface area contributed by atoms with E-state index in [0.717, 1.165) is 36.2 Å². The molecule has 1 aromatic carbocycles. The monoisotopic (exact) mass is 312 g/mol. The van der Waals surface area contributed by atoms with Crippen LogP contribution in [0.3, 0.4) is 0 Å². The highest BCUT2D eigenvalue weighted by Gasteiger charge is 2.32. The summed E-state index contributed by atoms with van der Waals surface area (Å²) < 4.78 is 1.83. The number of nitrogens with two attached hydrogens (primary N) is 1. The van der Waals surface area contributed by atoms with Crippen LogP contribution in [-0.2, 0) is 17.6 Å². The SMILES string of the molecule is CC(C)(NC(=O)c1nn(-c2ccccc2)c2c1CCC2)C(N)=O. The number of nitrogens with one attached hydrogen (secondary N) is 1. The molecule has 3 N–H and O–H groups in total. The van der Waals surface area contributed by atoms with Gasteiger partial charge in [-0.1, -0.05) is 18.2 Å². The smallest absolute Gasteiger partial charge is 0.272 e. The van der Waals surface area contributed by atoms with E-state index in [2.05, 4.69) is 10.4 Å². The van der Waals surface area contributed by atoms with Crippen molar-refractivity contribution in [1.82, 2.24) is 15.1 Å². The summed E-state index contributed by atoms with van der Waals surface area (Å²) in [5, 5.41) is 7.18. The van der Waals surface area contributed by atoms with Crippen LogP contribution in [0.2, 0.25) is 0 Å². The van der Waals surface area contributed by atoms with Crippen LogP contribution in [0, 0.1) is 0 Å². The normalized spacial score (nSPS) is 13.7. The maximum atomic E-state index is 12.6. The molecule has 0 saturated heterocycles. The van der Waals surface area contributed by atoms with Crippen LogP contribution in [0.1, 0.15) is 42.0 Å². The molecule has 0 aliphatic heterocycles. The maximum Gasteiger partial charge on any atom is 0.272 e. The fourth-order valence-corrected chi connectivity index (χ4v) is 2.81. The van der Waals surface area contributed by atoms with Crippen molar-refractivity contribution < 1.29 is 9.59 Å². The van der Waals surface area contributed by atoms with Crippen molar-refractivity contribution in [2.45, 2.75) is 38.6 Å². The van der Waals surface area contributed by atoms with Crippen LogP contribution in [-0.4, -0.2) is 27.1 Å². The number of fused-ring (bicyclic) bond motifs is 1. The third-order valence-electron chi connectivity index (χ3n) is 4.19. The summed E-state index contributed by atoms with van der Waals surface area (Å²) in [6.07, 6.45) is 2.71. The Labute approximate surface area is 134 Å². The van der Waals surface area contributed by atoms with Gasteiger partial charge in [0.2, 0.25) is 5.91 Å². The van der Waals surface area contributed by atoms with Gasteiger partial charge in [-0.15, -0.1) is 0 Å². The Morgan fingerprint density at radius 2 is 1.91 bits per heavy atom. The zero-order valence-corrected chi connectivity index (χ0v) is 13.3. The molecule has 120 valence electrons. The molecule has 0 saturated carbocycles. The quantitative estimate of drug-likeness (QED) is 0.893. The zero-order chi connectivity index (χ0) is 16.6. The second-order valence-electron chi connectivity index (χ2n) is 6.32. The van der Waals surface area contributed by atoms with Crippen LogP contribution in [0.15, 0.2) is 30.3 Å². The van der Waals surface area contributed by atoms with Crippen molar-refractivity contribution in [3.05, 3.63) is 47.3 Å². The van der Waals surface area contributed by atoms with Crippen LogP contribution >= 0.6 is 0 Å². The summed E-state index contributed by atoms with van der Waals surface area (Å²) in [5.41, 5.74) is 7.56. The Kier molecular flexibility index (Phi) is 3.67. The molecule has 1 aromatic heterocycles. The summed E-state index contributed by atoms with van der Waals surface area (Å²) in [4.78, 5) is 24.0. The number of primary amides is 1. The number of benzene rings is 1. The zero-order valence-electron chi connectivity index (χ0n) is 13.3. The minimum Gasteiger partial charge on any atom is -0.368 e. The van der Waals surface area contributed by atoms with Gasteiger partial charge in [-0.25, -0.2) is 4.68 Å². The summed E-state index contributed by atoms with van der Waals surface area (Å²) in [7, 11) is 0. The largest absolute Gasteiger partial charge is 0.368 e. The standard InChI is InChI=1S/C17H20N4O2/c1-17(2,16(18)23)19-15(22)14-12-9-6-10-13(12)21(20-14)11-7-4-3-5-8-11/h3-5,7-8H,6,9-10H2,1-2H3,(H2,18,23)(H,19,22). The van der Waals surface area contributed by atoms with Crippen LogP contribution in [0.4, 0.5) is 0 Å². The van der Waals surface area contributed by atoms with Crippen LogP contribution in [0.5, 0.6) is 0 Å². The lowest BCUT2D eigenvalue weighted by Crippen LogP contribution is -2.53. The maximum absolute atomic E-state index is 12.6. The van der Waals surface area contributed by atoms with Crippen molar-refractivity contribution in [3.8, 4) is 5.69 Å². The lowest BCUT2D eigenvalue weighted by molar-refractivity contribution is -0.122. The van der Waals surface area contributed by atoms with Crippen LogP contribution < -0.4 is 11.1 Å². The van der Waals surface area contributed by atoms with Gasteiger partial charge in [0.1, 0.15) is 5.54 Å². The summed E-state index contributed by atoms with van der Waals surface area (Å²) in [6.45, 7) is 3.17. The fraction of sp³-hybridized carbons (Fsp3) is 0.353. The Balaban J connectivity index is 1.99. The number of nitrogens with zero attached hydrogens (tertiary/aromatic N) is 2. The summed E-state index contributed by atoms with van der Waals surface area (Å²) >= 11 is 0. The van der Waals surface area contributed by atoms with Crippen molar-refractivity contribution >= 4 is 11.8 Å². The van der Waals surface area contributed by atoms with Crippen molar-refractivity contribution in [2.24, 2.45) is 5.73 Å². The molecule has 0 radical (unpaired) electrons. The number of para-hydroxylation sites is 1. The van der Waals surface area contributed by atoms with Gasteiger partial charge in [0.05, 0.1) is 5.69 Å².